The summed E-state index contributed by atoms with van der Waals surface area (Å²) >= 11 is 0. The van der Waals surface area contributed by atoms with Crippen molar-refractivity contribution in [1.82, 2.24) is 19.8 Å². The van der Waals surface area contributed by atoms with Gasteiger partial charge in [-0.15, -0.1) is 0 Å². The van der Waals surface area contributed by atoms with Gasteiger partial charge in [-0.1, -0.05) is 36.4 Å². The van der Waals surface area contributed by atoms with E-state index in [2.05, 4.69) is 50.1 Å². The van der Waals surface area contributed by atoms with E-state index in [0.717, 1.165) is 81.8 Å². The van der Waals surface area contributed by atoms with E-state index in [4.69, 9.17) is 10.6 Å². The predicted molar refractivity (Wildman–Crippen MR) is 154 cm³/mol. The molecule has 1 atom stereocenters. The van der Waals surface area contributed by atoms with Crippen molar-refractivity contribution in [1.29, 1.82) is 0 Å². The number of piperidine rings is 2. The van der Waals surface area contributed by atoms with Crippen molar-refractivity contribution in [3.8, 4) is 0 Å². The molecule has 4 heterocycles. The van der Waals surface area contributed by atoms with E-state index < -0.39 is 0 Å². The number of amides is 1. The van der Waals surface area contributed by atoms with Crippen LogP contribution < -0.4 is 5.73 Å². The van der Waals surface area contributed by atoms with Gasteiger partial charge in [0.2, 0.25) is 5.91 Å². The number of aromatic nitrogens is 2. The molecular formula is C31H40N6O2. The molecule has 1 amide bonds. The molecule has 0 aromatic carbocycles. The molecule has 2 aromatic rings. The molecule has 1 unspecified atom stereocenters. The van der Waals surface area contributed by atoms with Crippen LogP contribution in [0.4, 0.5) is 5.82 Å². The van der Waals surface area contributed by atoms with Crippen LogP contribution in [0.5, 0.6) is 0 Å². The van der Waals surface area contributed by atoms with Crippen LogP contribution in [0.25, 0.3) is 0 Å². The molecule has 39 heavy (non-hydrogen) atoms. The smallest absolute Gasteiger partial charge is 0.225 e. The number of hydrogen-bond acceptors (Lipinski definition) is 7. The molecule has 0 saturated carbocycles. The van der Waals surface area contributed by atoms with Crippen molar-refractivity contribution in [2.45, 2.75) is 45.6 Å². The Morgan fingerprint density at radius 1 is 1.05 bits per heavy atom. The highest BCUT2D eigenvalue weighted by atomic mass is 16.6. The summed E-state index contributed by atoms with van der Waals surface area (Å²) in [5, 5.41) is 4.60. The molecule has 2 saturated heterocycles. The third-order valence-electron chi connectivity index (χ3n) is 8.09. The second-order valence-corrected chi connectivity index (χ2v) is 11.1. The Kier molecular flexibility index (Phi) is 9.04. The maximum atomic E-state index is 13.4. The van der Waals surface area contributed by atoms with Crippen molar-refractivity contribution in [2.24, 2.45) is 22.9 Å². The van der Waals surface area contributed by atoms with Gasteiger partial charge < -0.3 is 15.5 Å². The average Bonchev–Trinajstić information content (AvgIpc) is 2.97. The Bertz CT molecular complexity index is 1190. The summed E-state index contributed by atoms with van der Waals surface area (Å²) in [5.74, 6) is 1.76. The maximum absolute atomic E-state index is 13.4. The van der Waals surface area contributed by atoms with Crippen LogP contribution >= 0.6 is 0 Å². The summed E-state index contributed by atoms with van der Waals surface area (Å²) in [6, 6.07) is 9.84. The molecule has 2 fully saturated rings. The van der Waals surface area contributed by atoms with Gasteiger partial charge in [-0.25, -0.2) is 4.98 Å². The third-order valence-corrected chi connectivity index (χ3v) is 8.09. The first-order chi connectivity index (χ1) is 19.0. The molecular weight excluding hydrogens is 488 g/mol. The summed E-state index contributed by atoms with van der Waals surface area (Å²) in [6.45, 7) is 6.87. The first-order valence-corrected chi connectivity index (χ1v) is 14.2. The summed E-state index contributed by atoms with van der Waals surface area (Å²) in [6.07, 6.45) is 14.7. The monoisotopic (exact) mass is 528 g/mol. The zero-order valence-corrected chi connectivity index (χ0v) is 22.9. The SMILES string of the molecule is CC1C=CC(CON=C(c2ccccn2)C2CCN(C(=O)C3CCN(Cc4ccnc(N)c4)CC3)CC2)=CC1. The molecule has 8 nitrogen and oxygen atoms in total. The van der Waals surface area contributed by atoms with Gasteiger partial charge >= 0.3 is 0 Å². The van der Waals surface area contributed by atoms with Crippen molar-refractivity contribution >= 4 is 17.4 Å². The number of nitrogens with two attached hydrogens (primary N) is 1. The number of nitrogen functional groups attached to an aromatic ring is 1. The Balaban J connectivity index is 1.13. The summed E-state index contributed by atoms with van der Waals surface area (Å²) in [4.78, 5) is 32.3. The zero-order valence-electron chi connectivity index (χ0n) is 22.9. The van der Waals surface area contributed by atoms with Crippen LogP contribution in [0.1, 0.15) is 50.3 Å². The second kappa shape index (κ2) is 13.0. The number of carbonyl (C=O) groups is 1. The number of hydrogen-bond donors (Lipinski definition) is 1. The number of pyridine rings is 2. The fraction of sp³-hybridized carbons (Fsp3) is 0.484. The van der Waals surface area contributed by atoms with E-state index in [1.165, 1.54) is 5.56 Å². The Labute approximate surface area is 231 Å². The predicted octanol–water partition coefficient (Wildman–Crippen LogP) is 4.45. The van der Waals surface area contributed by atoms with Crippen molar-refractivity contribution in [3.63, 3.8) is 0 Å². The minimum atomic E-state index is 0.104. The van der Waals surface area contributed by atoms with Gasteiger partial charge in [-0.05, 0) is 86.5 Å². The van der Waals surface area contributed by atoms with E-state index in [9.17, 15) is 4.79 Å². The molecule has 0 radical (unpaired) electrons. The van der Waals surface area contributed by atoms with Gasteiger partial charge in [0.1, 0.15) is 18.1 Å². The summed E-state index contributed by atoms with van der Waals surface area (Å²) in [7, 11) is 0. The Hall–Kier alpha value is -3.52. The quantitative estimate of drug-likeness (QED) is 0.402. The van der Waals surface area contributed by atoms with Crippen LogP contribution in [0.15, 0.2) is 71.7 Å². The zero-order chi connectivity index (χ0) is 27.0. The number of rotatable bonds is 8. The van der Waals surface area contributed by atoms with Crippen LogP contribution in [-0.4, -0.2) is 64.2 Å². The van der Waals surface area contributed by atoms with Crippen LogP contribution in [0, 0.1) is 17.8 Å². The lowest BCUT2D eigenvalue weighted by Crippen LogP contribution is -2.46. The molecule has 206 valence electrons. The molecule has 0 spiro atoms. The number of anilines is 1. The summed E-state index contributed by atoms with van der Waals surface area (Å²) < 4.78 is 0. The first-order valence-electron chi connectivity index (χ1n) is 14.2. The van der Waals surface area contributed by atoms with Gasteiger partial charge in [0.15, 0.2) is 0 Å². The third kappa shape index (κ3) is 7.32. The lowest BCUT2D eigenvalue weighted by atomic mass is 9.88. The fourth-order valence-electron chi connectivity index (χ4n) is 5.72. The number of nitrogens with zero attached hydrogens (tertiary/aromatic N) is 5. The van der Waals surface area contributed by atoms with Crippen molar-refractivity contribution in [3.05, 3.63) is 77.8 Å². The highest BCUT2D eigenvalue weighted by molar-refractivity contribution is 6.00. The molecule has 3 aliphatic rings. The Morgan fingerprint density at radius 2 is 1.85 bits per heavy atom. The largest absolute Gasteiger partial charge is 0.391 e. The van der Waals surface area contributed by atoms with Crippen LogP contribution in [0.3, 0.4) is 0 Å². The van der Waals surface area contributed by atoms with E-state index in [1.807, 2.05) is 30.3 Å². The van der Waals surface area contributed by atoms with E-state index in [-0.39, 0.29) is 11.8 Å². The maximum Gasteiger partial charge on any atom is 0.225 e. The number of likely N-dealkylation sites (tertiary alicyclic amines) is 2. The average molecular weight is 529 g/mol. The van der Waals surface area contributed by atoms with Gasteiger partial charge in [0.25, 0.3) is 0 Å². The van der Waals surface area contributed by atoms with Crippen LogP contribution in [0.2, 0.25) is 0 Å². The standard InChI is InChI=1S/C31H40N6O2/c1-23-5-7-24(8-6-23)22-39-35-30(28-4-2-3-14-33-28)26-12-18-37(19-13-26)31(38)27-10-16-36(17-11-27)21-25-9-15-34-29(32)20-25/h2-5,7-9,14-15,20,23,26-27H,6,10-13,16-19,21-22H2,1H3,(H2,32,34). The minimum absolute atomic E-state index is 0.104. The van der Waals surface area contributed by atoms with E-state index in [1.54, 1.807) is 12.4 Å². The number of oxime groups is 1. The van der Waals surface area contributed by atoms with Gasteiger partial charge in [0.05, 0.1) is 5.69 Å². The molecule has 1 aliphatic carbocycles. The lowest BCUT2D eigenvalue weighted by molar-refractivity contribution is -0.138. The fourth-order valence-corrected chi connectivity index (χ4v) is 5.72. The van der Waals surface area contributed by atoms with E-state index >= 15 is 0 Å². The van der Waals surface area contributed by atoms with Crippen LogP contribution in [-0.2, 0) is 16.2 Å². The van der Waals surface area contributed by atoms with Crippen molar-refractivity contribution in [2.75, 3.05) is 38.5 Å². The molecule has 8 heteroatoms. The van der Waals surface area contributed by atoms with Gasteiger partial charge in [0, 0.05) is 43.9 Å². The minimum Gasteiger partial charge on any atom is -0.391 e. The molecule has 2 aliphatic heterocycles. The molecule has 5 rings (SSSR count). The highest BCUT2D eigenvalue weighted by Gasteiger charge is 2.33. The molecule has 2 N–H and O–H groups in total. The normalized spacial score (nSPS) is 21.6. The number of allylic oxidation sites excluding steroid dienone is 2. The molecule has 2 aromatic heterocycles. The second-order valence-electron chi connectivity index (χ2n) is 11.1. The van der Waals surface area contributed by atoms with Crippen molar-refractivity contribution < 1.29 is 9.63 Å². The topological polar surface area (TPSA) is 96.9 Å². The highest BCUT2D eigenvalue weighted by Crippen LogP contribution is 2.27. The van der Waals surface area contributed by atoms with E-state index in [0.29, 0.717) is 24.2 Å². The first kappa shape index (κ1) is 27.1. The van der Waals surface area contributed by atoms with Gasteiger partial charge in [-0.2, -0.15) is 0 Å². The van der Waals surface area contributed by atoms with Gasteiger partial charge in [-0.3, -0.25) is 14.7 Å². The molecule has 0 bridgehead atoms. The lowest BCUT2D eigenvalue weighted by Gasteiger charge is -2.37. The summed E-state index contributed by atoms with van der Waals surface area (Å²) in [5.41, 5.74) is 9.90. The Morgan fingerprint density at radius 3 is 2.54 bits per heavy atom. The number of carbonyl (C=O) groups excluding carboxylic acids is 1.